The van der Waals surface area contributed by atoms with Crippen LogP contribution in [0.25, 0.3) is 22.0 Å². The first-order valence-corrected chi connectivity index (χ1v) is 8.54. The molecule has 0 saturated heterocycles. The first-order chi connectivity index (χ1) is 12.8. The molecule has 4 aromatic rings. The van der Waals surface area contributed by atoms with Gasteiger partial charge in [-0.15, -0.1) is 0 Å². The molecule has 3 nitrogen and oxygen atoms in total. The first kappa shape index (κ1) is 16.2. The summed E-state index contributed by atoms with van der Waals surface area (Å²) in [5.74, 6) is 1.64. The van der Waals surface area contributed by atoms with Crippen LogP contribution in [0.15, 0.2) is 85.1 Å². The Kier molecular flexibility index (Phi) is 4.52. The van der Waals surface area contributed by atoms with E-state index in [-0.39, 0.29) is 0 Å². The van der Waals surface area contributed by atoms with Gasteiger partial charge in [0.15, 0.2) is 0 Å². The van der Waals surface area contributed by atoms with Crippen molar-refractivity contribution in [1.82, 2.24) is 4.98 Å². The molecule has 1 heterocycles. The van der Waals surface area contributed by atoms with E-state index < -0.39 is 0 Å². The summed E-state index contributed by atoms with van der Waals surface area (Å²) in [4.78, 5) is 4.56. The van der Waals surface area contributed by atoms with Gasteiger partial charge in [0.05, 0.1) is 7.11 Å². The fourth-order valence-electron chi connectivity index (χ4n) is 3.02. The Hall–Kier alpha value is -3.33. The maximum Gasteiger partial charge on any atom is 0.146 e. The smallest absolute Gasteiger partial charge is 0.146 e. The van der Waals surface area contributed by atoms with E-state index in [0.717, 1.165) is 39.1 Å². The summed E-state index contributed by atoms with van der Waals surface area (Å²) in [7, 11) is 1.67. The summed E-state index contributed by atoms with van der Waals surface area (Å²) >= 11 is 0. The number of nitrogens with zero attached hydrogens (tertiary/aromatic N) is 1. The topological polar surface area (TPSA) is 31.4 Å². The fraction of sp³-hybridized carbons (Fsp3) is 0.0870. The van der Waals surface area contributed by atoms with Crippen molar-refractivity contribution >= 4 is 10.9 Å². The molecule has 26 heavy (non-hydrogen) atoms. The van der Waals surface area contributed by atoms with Gasteiger partial charge in [0.2, 0.25) is 0 Å². The van der Waals surface area contributed by atoms with Gasteiger partial charge in [-0.2, -0.15) is 0 Å². The summed E-state index contributed by atoms with van der Waals surface area (Å²) in [6, 6.07) is 26.3. The molecule has 0 bridgehead atoms. The van der Waals surface area contributed by atoms with Crippen LogP contribution in [0, 0.1) is 0 Å². The van der Waals surface area contributed by atoms with Gasteiger partial charge in [-0.25, -0.2) is 0 Å². The number of rotatable bonds is 5. The average molecular weight is 341 g/mol. The Morgan fingerprint density at radius 1 is 0.808 bits per heavy atom. The van der Waals surface area contributed by atoms with Gasteiger partial charge >= 0.3 is 0 Å². The zero-order valence-electron chi connectivity index (χ0n) is 14.6. The Balaban J connectivity index is 1.70. The Labute approximate surface area is 152 Å². The number of pyridine rings is 1. The van der Waals surface area contributed by atoms with Crippen molar-refractivity contribution in [2.75, 3.05) is 7.11 Å². The third-order valence-electron chi connectivity index (χ3n) is 4.37. The van der Waals surface area contributed by atoms with Crippen molar-refractivity contribution in [2.45, 2.75) is 6.61 Å². The lowest BCUT2D eigenvalue weighted by Crippen LogP contribution is -1.97. The van der Waals surface area contributed by atoms with E-state index in [1.54, 1.807) is 13.3 Å². The van der Waals surface area contributed by atoms with Crippen LogP contribution in [0.1, 0.15) is 5.56 Å². The van der Waals surface area contributed by atoms with Crippen LogP contribution in [-0.2, 0) is 6.61 Å². The quantitative estimate of drug-likeness (QED) is 0.481. The molecule has 0 N–H and O–H groups in total. The number of ether oxygens (including phenoxy) is 2. The van der Waals surface area contributed by atoms with Crippen LogP contribution in [-0.4, -0.2) is 12.1 Å². The maximum absolute atomic E-state index is 6.05. The zero-order valence-corrected chi connectivity index (χ0v) is 14.6. The minimum atomic E-state index is 0.522. The molecule has 0 atom stereocenters. The highest BCUT2D eigenvalue weighted by Gasteiger charge is 2.10. The number of hydrogen-bond acceptors (Lipinski definition) is 3. The normalized spacial score (nSPS) is 10.7. The predicted molar refractivity (Wildman–Crippen MR) is 105 cm³/mol. The molecule has 0 radical (unpaired) electrons. The fourth-order valence-corrected chi connectivity index (χ4v) is 3.02. The van der Waals surface area contributed by atoms with Gasteiger partial charge in [-0.3, -0.25) is 4.98 Å². The Morgan fingerprint density at radius 2 is 1.62 bits per heavy atom. The van der Waals surface area contributed by atoms with Crippen molar-refractivity contribution in [3.8, 4) is 22.6 Å². The van der Waals surface area contributed by atoms with Gasteiger partial charge in [0, 0.05) is 11.6 Å². The van der Waals surface area contributed by atoms with Crippen LogP contribution in [0.2, 0.25) is 0 Å². The van der Waals surface area contributed by atoms with Gasteiger partial charge in [-0.1, -0.05) is 48.5 Å². The van der Waals surface area contributed by atoms with E-state index in [9.17, 15) is 0 Å². The molecule has 0 aliphatic carbocycles. The minimum Gasteiger partial charge on any atom is -0.497 e. The summed E-state index contributed by atoms with van der Waals surface area (Å²) in [6.45, 7) is 0.522. The molecular formula is C23H19NO2. The van der Waals surface area contributed by atoms with E-state index in [0.29, 0.717) is 6.61 Å². The van der Waals surface area contributed by atoms with E-state index in [1.807, 2.05) is 42.5 Å². The number of fused-ring (bicyclic) bond motifs is 1. The lowest BCUT2D eigenvalue weighted by Gasteiger charge is -2.12. The molecule has 128 valence electrons. The van der Waals surface area contributed by atoms with Gasteiger partial charge in [0.25, 0.3) is 0 Å². The highest BCUT2D eigenvalue weighted by Crippen LogP contribution is 2.34. The summed E-state index contributed by atoms with van der Waals surface area (Å²) in [5, 5.41) is 1.07. The third kappa shape index (κ3) is 3.24. The second-order valence-electron chi connectivity index (χ2n) is 6.01. The van der Waals surface area contributed by atoms with Crippen LogP contribution in [0.4, 0.5) is 0 Å². The lowest BCUT2D eigenvalue weighted by atomic mass is 10.00. The van der Waals surface area contributed by atoms with Crippen LogP contribution in [0.5, 0.6) is 11.5 Å². The van der Waals surface area contributed by atoms with Crippen molar-refractivity contribution in [3.05, 3.63) is 90.6 Å². The third-order valence-corrected chi connectivity index (χ3v) is 4.37. The van der Waals surface area contributed by atoms with E-state index >= 15 is 0 Å². The van der Waals surface area contributed by atoms with Crippen molar-refractivity contribution in [3.63, 3.8) is 0 Å². The summed E-state index contributed by atoms with van der Waals surface area (Å²) in [6.07, 6.45) is 1.80. The first-order valence-electron chi connectivity index (χ1n) is 8.54. The highest BCUT2D eigenvalue weighted by molar-refractivity contribution is 5.97. The molecule has 0 amide bonds. The van der Waals surface area contributed by atoms with Gasteiger partial charge < -0.3 is 9.47 Å². The van der Waals surface area contributed by atoms with E-state index in [1.165, 1.54) is 0 Å². The number of methoxy groups -OCH3 is 1. The number of benzene rings is 3. The van der Waals surface area contributed by atoms with Crippen LogP contribution in [0.3, 0.4) is 0 Å². The predicted octanol–water partition coefficient (Wildman–Crippen LogP) is 5.49. The molecule has 3 aromatic carbocycles. The molecular weight excluding hydrogens is 322 g/mol. The molecule has 0 spiro atoms. The molecule has 0 saturated carbocycles. The molecule has 3 heteroatoms. The Bertz CT molecular complexity index is 1010. The minimum absolute atomic E-state index is 0.522. The molecule has 0 unspecified atom stereocenters. The monoisotopic (exact) mass is 341 g/mol. The molecule has 0 aliphatic rings. The summed E-state index contributed by atoms with van der Waals surface area (Å²) in [5.41, 5.74) is 4.26. The number of aromatic nitrogens is 1. The summed E-state index contributed by atoms with van der Waals surface area (Å²) < 4.78 is 11.3. The van der Waals surface area contributed by atoms with Gasteiger partial charge in [-0.05, 0) is 47.0 Å². The molecule has 0 aliphatic heterocycles. The average Bonchev–Trinajstić information content (AvgIpc) is 2.73. The van der Waals surface area contributed by atoms with E-state index in [4.69, 9.17) is 9.47 Å². The molecule has 0 fully saturated rings. The van der Waals surface area contributed by atoms with Crippen molar-refractivity contribution in [1.29, 1.82) is 0 Å². The number of hydrogen-bond donors (Lipinski definition) is 0. The maximum atomic E-state index is 6.05. The largest absolute Gasteiger partial charge is 0.497 e. The van der Waals surface area contributed by atoms with Crippen LogP contribution < -0.4 is 9.47 Å². The highest BCUT2D eigenvalue weighted by atomic mass is 16.5. The second-order valence-corrected chi connectivity index (χ2v) is 6.01. The Morgan fingerprint density at radius 3 is 2.38 bits per heavy atom. The lowest BCUT2D eigenvalue weighted by molar-refractivity contribution is 0.309. The van der Waals surface area contributed by atoms with Crippen molar-refractivity contribution < 1.29 is 9.47 Å². The molecule has 4 rings (SSSR count). The second kappa shape index (κ2) is 7.28. The van der Waals surface area contributed by atoms with E-state index in [2.05, 4.69) is 41.4 Å². The standard InChI is InChI=1S/C23H19NO2/c1-25-19-11-9-18(10-12-19)20-13-14-22(23-21(20)8-5-15-24-23)26-16-17-6-3-2-4-7-17/h2-15H,16H2,1H3. The van der Waals surface area contributed by atoms with Gasteiger partial charge in [0.1, 0.15) is 23.6 Å². The van der Waals surface area contributed by atoms with Crippen molar-refractivity contribution in [2.24, 2.45) is 0 Å². The van der Waals surface area contributed by atoms with Crippen LogP contribution >= 0.6 is 0 Å². The SMILES string of the molecule is COc1ccc(-c2ccc(OCc3ccccc3)c3ncccc23)cc1. The zero-order chi connectivity index (χ0) is 17.8. The molecule has 1 aromatic heterocycles.